The zero-order chi connectivity index (χ0) is 21.1. The summed E-state index contributed by atoms with van der Waals surface area (Å²) in [7, 11) is 0. The molecule has 1 aromatic rings. The third-order valence-electron chi connectivity index (χ3n) is 7.36. The highest BCUT2D eigenvalue weighted by atomic mass is 14.4. The van der Waals surface area contributed by atoms with Crippen LogP contribution in [0, 0.1) is 23.7 Å². The molecule has 1 fully saturated rings. The molecule has 0 radical (unpaired) electrons. The van der Waals surface area contributed by atoms with Crippen molar-refractivity contribution < 1.29 is 0 Å². The Hall–Kier alpha value is -1.30. The highest BCUT2D eigenvalue weighted by molar-refractivity contribution is 5.27. The van der Waals surface area contributed by atoms with Crippen LogP contribution in [0.2, 0.25) is 0 Å². The molecular weight excluding hydrogens is 348 g/mol. The number of hydrogen-bond acceptors (Lipinski definition) is 0. The van der Waals surface area contributed by atoms with Gasteiger partial charge in [0.15, 0.2) is 0 Å². The summed E-state index contributed by atoms with van der Waals surface area (Å²) < 4.78 is 0. The second kappa shape index (κ2) is 13.1. The van der Waals surface area contributed by atoms with Gasteiger partial charge in [0, 0.05) is 0 Å². The van der Waals surface area contributed by atoms with Gasteiger partial charge in [-0.25, -0.2) is 0 Å². The highest BCUT2D eigenvalue weighted by Crippen LogP contribution is 2.45. The quantitative estimate of drug-likeness (QED) is 0.231. The van der Waals surface area contributed by atoms with Crippen molar-refractivity contribution in [1.29, 1.82) is 0 Å². The minimum Gasteiger partial charge on any atom is -0.0999 e. The van der Waals surface area contributed by atoms with Crippen LogP contribution in [-0.2, 0) is 12.8 Å². The first-order valence-corrected chi connectivity index (χ1v) is 12.4. The average Bonchev–Trinajstić information content (AvgIpc) is 2.99. The van der Waals surface area contributed by atoms with Gasteiger partial charge in [-0.05, 0) is 99.0 Å². The van der Waals surface area contributed by atoms with E-state index in [1.165, 1.54) is 69.8 Å². The second-order valence-corrected chi connectivity index (χ2v) is 9.63. The van der Waals surface area contributed by atoms with Crippen LogP contribution in [0.15, 0.2) is 48.6 Å². The van der Waals surface area contributed by atoms with Gasteiger partial charge in [0.25, 0.3) is 0 Å². The molecule has 1 aliphatic rings. The monoisotopic (exact) mass is 394 g/mol. The molecule has 3 unspecified atom stereocenters. The van der Waals surface area contributed by atoms with Gasteiger partial charge < -0.3 is 0 Å². The number of allylic oxidation sites excluding steroid dienone is 3. The first-order valence-electron chi connectivity index (χ1n) is 12.4. The van der Waals surface area contributed by atoms with E-state index in [4.69, 9.17) is 0 Å². The molecule has 162 valence electrons. The van der Waals surface area contributed by atoms with E-state index in [2.05, 4.69) is 70.7 Å². The third-order valence-corrected chi connectivity index (χ3v) is 7.36. The fourth-order valence-electron chi connectivity index (χ4n) is 5.55. The van der Waals surface area contributed by atoms with E-state index < -0.39 is 0 Å². The van der Waals surface area contributed by atoms with Crippen molar-refractivity contribution in [3.05, 3.63) is 59.7 Å². The zero-order valence-corrected chi connectivity index (χ0v) is 19.8. The van der Waals surface area contributed by atoms with Crippen molar-refractivity contribution in [2.75, 3.05) is 0 Å². The van der Waals surface area contributed by atoms with E-state index in [0.717, 1.165) is 30.1 Å². The van der Waals surface area contributed by atoms with Gasteiger partial charge in [0.05, 0.1) is 0 Å². The molecule has 0 bridgehead atoms. The standard InChI is InChI=1S/C29H46/c1-6-8-15-23(3)16-11-9-10-12-19-28-24(4)22-25(5)29(28)21-20-27-18-14-13-17-26(27)7-2/h10,12-14,17-18,24-25,28-29H,3,6-9,11,15-16,19-22H2,1-2,4-5H3/b12-10-/t24?,25?,28-,29?/m0/s1. The van der Waals surface area contributed by atoms with Crippen molar-refractivity contribution >= 4 is 0 Å². The van der Waals surface area contributed by atoms with E-state index >= 15 is 0 Å². The molecule has 0 spiro atoms. The fourth-order valence-corrected chi connectivity index (χ4v) is 5.55. The second-order valence-electron chi connectivity index (χ2n) is 9.63. The molecule has 0 amide bonds. The van der Waals surface area contributed by atoms with Gasteiger partial charge in [0.2, 0.25) is 0 Å². The number of benzene rings is 1. The SMILES string of the molecule is C=C(CCCC)CCC/C=C\C[C@H]1C(C)CC(C)C1CCc1ccccc1CC. The Morgan fingerprint density at radius 1 is 0.966 bits per heavy atom. The normalized spacial score (nSPS) is 24.4. The summed E-state index contributed by atoms with van der Waals surface area (Å²) >= 11 is 0. The molecule has 1 saturated carbocycles. The van der Waals surface area contributed by atoms with Crippen LogP contribution in [0.1, 0.15) is 96.6 Å². The van der Waals surface area contributed by atoms with Gasteiger partial charge in [-0.15, -0.1) is 0 Å². The highest BCUT2D eigenvalue weighted by Gasteiger charge is 2.37. The van der Waals surface area contributed by atoms with Gasteiger partial charge in [-0.1, -0.05) is 82.7 Å². The lowest BCUT2D eigenvalue weighted by molar-refractivity contribution is 0.283. The lowest BCUT2D eigenvalue weighted by Gasteiger charge is -2.24. The van der Waals surface area contributed by atoms with Gasteiger partial charge in [-0.2, -0.15) is 0 Å². The van der Waals surface area contributed by atoms with E-state index in [1.54, 1.807) is 11.1 Å². The zero-order valence-electron chi connectivity index (χ0n) is 19.8. The van der Waals surface area contributed by atoms with Gasteiger partial charge in [-0.3, -0.25) is 0 Å². The Kier molecular flexibility index (Phi) is 10.8. The summed E-state index contributed by atoms with van der Waals surface area (Å²) in [6, 6.07) is 9.07. The van der Waals surface area contributed by atoms with Crippen LogP contribution in [-0.4, -0.2) is 0 Å². The smallest absolute Gasteiger partial charge is 0.0273 e. The van der Waals surface area contributed by atoms with Crippen molar-refractivity contribution in [2.24, 2.45) is 23.7 Å². The molecule has 0 heterocycles. The van der Waals surface area contributed by atoms with E-state index in [0.29, 0.717) is 0 Å². The molecule has 2 rings (SSSR count). The molecule has 0 aromatic heterocycles. The predicted molar refractivity (Wildman–Crippen MR) is 130 cm³/mol. The van der Waals surface area contributed by atoms with Crippen molar-refractivity contribution in [3.63, 3.8) is 0 Å². The van der Waals surface area contributed by atoms with Crippen LogP contribution in [0.3, 0.4) is 0 Å². The fraction of sp³-hybridized carbons (Fsp3) is 0.655. The van der Waals surface area contributed by atoms with Crippen LogP contribution in [0.5, 0.6) is 0 Å². The Morgan fingerprint density at radius 2 is 1.66 bits per heavy atom. The number of rotatable bonds is 13. The van der Waals surface area contributed by atoms with Crippen LogP contribution < -0.4 is 0 Å². The Bertz CT molecular complexity index is 623. The van der Waals surface area contributed by atoms with Crippen molar-refractivity contribution in [2.45, 2.75) is 98.3 Å². The third kappa shape index (κ3) is 7.80. The summed E-state index contributed by atoms with van der Waals surface area (Å²) in [6.07, 6.45) is 18.9. The predicted octanol–water partition coefficient (Wildman–Crippen LogP) is 8.95. The van der Waals surface area contributed by atoms with Crippen molar-refractivity contribution in [1.82, 2.24) is 0 Å². The summed E-state index contributed by atoms with van der Waals surface area (Å²) in [5.74, 6) is 3.50. The number of hydrogen-bond donors (Lipinski definition) is 0. The van der Waals surface area contributed by atoms with Gasteiger partial charge in [0.1, 0.15) is 0 Å². The maximum Gasteiger partial charge on any atom is -0.0273 e. The van der Waals surface area contributed by atoms with Gasteiger partial charge >= 0.3 is 0 Å². The molecule has 0 aliphatic heterocycles. The summed E-state index contributed by atoms with van der Waals surface area (Å²) in [6.45, 7) is 13.8. The Labute approximate surface area is 181 Å². The van der Waals surface area contributed by atoms with Crippen LogP contribution in [0.4, 0.5) is 0 Å². The molecule has 0 N–H and O–H groups in total. The molecule has 0 heteroatoms. The summed E-state index contributed by atoms with van der Waals surface area (Å²) in [5, 5.41) is 0. The topological polar surface area (TPSA) is 0 Å². The van der Waals surface area contributed by atoms with E-state index in [-0.39, 0.29) is 0 Å². The summed E-state index contributed by atoms with van der Waals surface area (Å²) in [4.78, 5) is 0. The Balaban J connectivity index is 1.79. The van der Waals surface area contributed by atoms with E-state index in [1.807, 2.05) is 0 Å². The average molecular weight is 395 g/mol. The maximum atomic E-state index is 4.23. The molecule has 1 aliphatic carbocycles. The first-order chi connectivity index (χ1) is 14.1. The van der Waals surface area contributed by atoms with E-state index in [9.17, 15) is 0 Å². The Morgan fingerprint density at radius 3 is 2.38 bits per heavy atom. The number of unbranched alkanes of at least 4 members (excludes halogenated alkanes) is 2. The summed E-state index contributed by atoms with van der Waals surface area (Å²) in [5.41, 5.74) is 4.58. The molecule has 0 saturated heterocycles. The minimum absolute atomic E-state index is 0.870. The lowest BCUT2D eigenvalue weighted by atomic mass is 9.81. The number of aryl methyl sites for hydroxylation is 2. The molecule has 29 heavy (non-hydrogen) atoms. The molecule has 0 nitrogen and oxygen atoms in total. The molecular formula is C29H46. The molecule has 1 aromatic carbocycles. The minimum atomic E-state index is 0.870. The largest absolute Gasteiger partial charge is 0.0999 e. The maximum absolute atomic E-state index is 4.23. The van der Waals surface area contributed by atoms with Crippen molar-refractivity contribution in [3.8, 4) is 0 Å². The molecule has 4 atom stereocenters. The lowest BCUT2D eigenvalue weighted by Crippen LogP contribution is -2.16. The van der Waals surface area contributed by atoms with Crippen LogP contribution in [0.25, 0.3) is 0 Å². The first kappa shape index (κ1) is 24.0. The van der Waals surface area contributed by atoms with Crippen LogP contribution >= 0.6 is 0 Å².